The van der Waals surface area contributed by atoms with Gasteiger partial charge in [-0.2, -0.15) is 0 Å². The van der Waals surface area contributed by atoms with Crippen molar-refractivity contribution in [1.29, 1.82) is 0 Å². The molecule has 0 aliphatic carbocycles. The van der Waals surface area contributed by atoms with Crippen LogP contribution in [0.2, 0.25) is 5.02 Å². The summed E-state index contributed by atoms with van der Waals surface area (Å²) >= 11 is 9.38. The van der Waals surface area contributed by atoms with Crippen LogP contribution in [-0.2, 0) is 0 Å². The monoisotopic (exact) mass is 388 g/mol. The fourth-order valence-corrected chi connectivity index (χ4v) is 2.71. The van der Waals surface area contributed by atoms with Crippen LogP contribution in [0, 0.1) is 0 Å². The van der Waals surface area contributed by atoms with Gasteiger partial charge < -0.3 is 4.42 Å². The van der Waals surface area contributed by atoms with Crippen LogP contribution in [0.5, 0.6) is 0 Å². The third kappa shape index (κ3) is 3.44. The van der Waals surface area contributed by atoms with E-state index in [0.29, 0.717) is 21.6 Å². The molecular formula is C18H10BrClO3. The third-order valence-corrected chi connectivity index (χ3v) is 4.12. The fourth-order valence-electron chi connectivity index (χ4n) is 2.13. The number of carbonyl (C=O) groups excluding carboxylic acids is 1. The molecule has 3 rings (SSSR count). The minimum absolute atomic E-state index is 0.0149. The molecule has 0 saturated carbocycles. The Hall–Kier alpha value is -2.17. The molecule has 0 saturated heterocycles. The first-order valence-corrected chi connectivity index (χ1v) is 7.92. The Morgan fingerprint density at radius 1 is 1.13 bits per heavy atom. The molecule has 0 N–H and O–H groups in total. The molecule has 0 spiro atoms. The summed E-state index contributed by atoms with van der Waals surface area (Å²) in [5.41, 5.74) is 0.466. The highest BCUT2D eigenvalue weighted by Crippen LogP contribution is 2.20. The molecule has 0 fully saturated rings. The van der Waals surface area contributed by atoms with Gasteiger partial charge in [0.25, 0.3) is 0 Å². The number of fused-ring (bicyclic) bond motifs is 1. The Bertz CT molecular complexity index is 989. The molecule has 0 bridgehead atoms. The van der Waals surface area contributed by atoms with Crippen molar-refractivity contribution < 1.29 is 9.21 Å². The summed E-state index contributed by atoms with van der Waals surface area (Å²) in [5, 5.41) is 1.21. The Morgan fingerprint density at radius 3 is 2.70 bits per heavy atom. The van der Waals surface area contributed by atoms with Crippen LogP contribution in [0.3, 0.4) is 0 Å². The normalized spacial score (nSPS) is 11.2. The number of carbonyl (C=O) groups is 1. The van der Waals surface area contributed by atoms with E-state index in [1.165, 1.54) is 12.1 Å². The molecule has 114 valence electrons. The summed E-state index contributed by atoms with van der Waals surface area (Å²) < 4.78 is 6.02. The second kappa shape index (κ2) is 6.52. The summed E-state index contributed by atoms with van der Waals surface area (Å²) in [6.45, 7) is 0. The van der Waals surface area contributed by atoms with E-state index in [4.69, 9.17) is 16.0 Å². The van der Waals surface area contributed by atoms with E-state index in [2.05, 4.69) is 15.9 Å². The molecule has 23 heavy (non-hydrogen) atoms. The number of allylic oxidation sites excluding steroid dienone is 1. The molecule has 1 aromatic heterocycles. The molecule has 3 aromatic rings. The molecule has 3 nitrogen and oxygen atoms in total. The Kier molecular flexibility index (Phi) is 4.46. The number of hydrogen-bond donors (Lipinski definition) is 0. The molecule has 0 unspecified atom stereocenters. The number of hydrogen-bond acceptors (Lipinski definition) is 3. The second-order valence-corrected chi connectivity index (χ2v) is 6.17. The maximum atomic E-state index is 12.3. The first-order valence-electron chi connectivity index (χ1n) is 6.75. The van der Waals surface area contributed by atoms with Crippen molar-refractivity contribution in [3.05, 3.63) is 85.6 Å². The van der Waals surface area contributed by atoms with Gasteiger partial charge in [0.15, 0.2) is 5.78 Å². The number of benzene rings is 2. The summed E-state index contributed by atoms with van der Waals surface area (Å²) in [5.74, 6) is -0.430. The highest BCUT2D eigenvalue weighted by molar-refractivity contribution is 9.10. The fraction of sp³-hybridized carbons (Fsp3) is 0. The minimum Gasteiger partial charge on any atom is -0.422 e. The predicted molar refractivity (Wildman–Crippen MR) is 95.0 cm³/mol. The lowest BCUT2D eigenvalue weighted by molar-refractivity contribution is 0.104. The molecule has 1 heterocycles. The van der Waals surface area contributed by atoms with Crippen molar-refractivity contribution in [2.75, 3.05) is 0 Å². The van der Waals surface area contributed by atoms with Crippen LogP contribution in [0.4, 0.5) is 0 Å². The Labute approximate surface area is 145 Å². The zero-order valence-electron chi connectivity index (χ0n) is 11.8. The van der Waals surface area contributed by atoms with Crippen molar-refractivity contribution in [2.45, 2.75) is 0 Å². The van der Waals surface area contributed by atoms with Gasteiger partial charge in [0, 0.05) is 14.9 Å². The molecule has 0 radical (unpaired) electrons. The molecular weight excluding hydrogens is 380 g/mol. The predicted octanol–water partition coefficient (Wildman–Crippen LogP) is 5.11. The first kappa shape index (κ1) is 15.7. The summed E-state index contributed by atoms with van der Waals surface area (Å²) in [7, 11) is 0. The maximum absolute atomic E-state index is 12.3. The molecule has 0 atom stereocenters. The van der Waals surface area contributed by atoms with Gasteiger partial charge in [-0.3, -0.25) is 4.79 Å². The lowest BCUT2D eigenvalue weighted by Crippen LogP contribution is -2.11. The Morgan fingerprint density at radius 2 is 1.91 bits per heavy atom. The van der Waals surface area contributed by atoms with Crippen molar-refractivity contribution >= 4 is 50.4 Å². The van der Waals surface area contributed by atoms with E-state index in [9.17, 15) is 9.59 Å². The lowest BCUT2D eigenvalue weighted by atomic mass is 10.1. The van der Waals surface area contributed by atoms with Gasteiger partial charge in [-0.25, -0.2) is 4.79 Å². The average Bonchev–Trinajstić information content (AvgIpc) is 2.53. The van der Waals surface area contributed by atoms with Crippen LogP contribution in [0.25, 0.3) is 17.0 Å². The van der Waals surface area contributed by atoms with E-state index in [0.717, 1.165) is 4.47 Å². The highest BCUT2D eigenvalue weighted by atomic mass is 79.9. The summed E-state index contributed by atoms with van der Waals surface area (Å²) in [6, 6.07) is 13.9. The van der Waals surface area contributed by atoms with Gasteiger partial charge in [0.2, 0.25) is 0 Å². The highest BCUT2D eigenvalue weighted by Gasteiger charge is 2.11. The SMILES string of the molecule is O=C(/C=C/c1ccccc1Cl)c1cc2cc(Br)ccc2oc1=O. The van der Waals surface area contributed by atoms with Crippen LogP contribution in [0.1, 0.15) is 15.9 Å². The van der Waals surface area contributed by atoms with Gasteiger partial charge in [-0.05, 0) is 48.0 Å². The van der Waals surface area contributed by atoms with Gasteiger partial charge >= 0.3 is 5.63 Å². The third-order valence-electron chi connectivity index (χ3n) is 3.28. The number of halogens is 2. The average molecular weight is 390 g/mol. The largest absolute Gasteiger partial charge is 0.422 e. The maximum Gasteiger partial charge on any atom is 0.347 e. The quantitative estimate of drug-likeness (QED) is 0.355. The van der Waals surface area contributed by atoms with E-state index in [1.54, 1.807) is 42.5 Å². The summed E-state index contributed by atoms with van der Waals surface area (Å²) in [6.07, 6.45) is 2.90. The van der Waals surface area contributed by atoms with E-state index in [-0.39, 0.29) is 5.56 Å². The topological polar surface area (TPSA) is 47.3 Å². The van der Waals surface area contributed by atoms with Crippen molar-refractivity contribution in [3.63, 3.8) is 0 Å². The van der Waals surface area contributed by atoms with Gasteiger partial charge in [-0.15, -0.1) is 0 Å². The summed E-state index contributed by atoms with van der Waals surface area (Å²) in [4.78, 5) is 24.3. The van der Waals surface area contributed by atoms with Gasteiger partial charge in [0.1, 0.15) is 11.1 Å². The zero-order chi connectivity index (χ0) is 16.4. The van der Waals surface area contributed by atoms with Crippen LogP contribution in [-0.4, -0.2) is 5.78 Å². The lowest BCUT2D eigenvalue weighted by Gasteiger charge is -2.00. The van der Waals surface area contributed by atoms with Gasteiger partial charge in [-0.1, -0.05) is 45.7 Å². The van der Waals surface area contributed by atoms with E-state index in [1.807, 2.05) is 6.07 Å². The first-order chi connectivity index (χ1) is 11.0. The van der Waals surface area contributed by atoms with Crippen LogP contribution < -0.4 is 5.63 Å². The number of rotatable bonds is 3. The van der Waals surface area contributed by atoms with Crippen molar-refractivity contribution in [2.24, 2.45) is 0 Å². The molecule has 0 aliphatic heterocycles. The molecule has 2 aromatic carbocycles. The standard InChI is InChI=1S/C18H10BrClO3/c19-13-6-8-17-12(9-13)10-14(18(22)23-17)16(21)7-5-11-3-1-2-4-15(11)20/h1-10H/b7-5+. The van der Waals surface area contributed by atoms with Crippen LogP contribution >= 0.6 is 27.5 Å². The Balaban J connectivity index is 1.99. The zero-order valence-corrected chi connectivity index (χ0v) is 14.1. The molecule has 0 aliphatic rings. The smallest absolute Gasteiger partial charge is 0.347 e. The molecule has 5 heteroatoms. The second-order valence-electron chi connectivity index (χ2n) is 4.85. The minimum atomic E-state index is -0.659. The number of ketones is 1. The molecule has 0 amide bonds. The van der Waals surface area contributed by atoms with E-state index >= 15 is 0 Å². The van der Waals surface area contributed by atoms with E-state index < -0.39 is 11.4 Å². The van der Waals surface area contributed by atoms with Crippen LogP contribution in [0.15, 0.2) is 68.3 Å². The van der Waals surface area contributed by atoms with Crippen molar-refractivity contribution in [3.8, 4) is 0 Å². The van der Waals surface area contributed by atoms with Gasteiger partial charge in [0.05, 0.1) is 0 Å². The van der Waals surface area contributed by atoms with Crippen molar-refractivity contribution in [1.82, 2.24) is 0 Å².